The van der Waals surface area contributed by atoms with Crippen LogP contribution in [0.2, 0.25) is 0 Å². The summed E-state index contributed by atoms with van der Waals surface area (Å²) in [6.45, 7) is 4.46. The van der Waals surface area contributed by atoms with Crippen LogP contribution in [-0.2, 0) is 13.2 Å². The predicted molar refractivity (Wildman–Crippen MR) is 77.2 cm³/mol. The third-order valence-electron chi connectivity index (χ3n) is 3.23. The van der Waals surface area contributed by atoms with Gasteiger partial charge in [0.15, 0.2) is 0 Å². The molecule has 3 heteroatoms. The maximum atomic E-state index is 13.1. The Kier molecular flexibility index (Phi) is 4.74. The van der Waals surface area contributed by atoms with Crippen molar-refractivity contribution in [2.75, 3.05) is 0 Å². The van der Waals surface area contributed by atoms with Crippen molar-refractivity contribution in [1.29, 1.82) is 0 Å². The molecule has 0 saturated carbocycles. The first-order chi connectivity index (χ1) is 9.60. The number of benzene rings is 2. The summed E-state index contributed by atoms with van der Waals surface area (Å²) in [4.78, 5) is 0. The summed E-state index contributed by atoms with van der Waals surface area (Å²) < 4.78 is 18.7. The van der Waals surface area contributed by atoms with Gasteiger partial charge in [0.2, 0.25) is 0 Å². The summed E-state index contributed by atoms with van der Waals surface area (Å²) in [6, 6.07) is 12.4. The molecule has 2 nitrogen and oxygen atoms in total. The van der Waals surface area contributed by atoms with E-state index in [1.165, 1.54) is 17.7 Å². The first kappa shape index (κ1) is 14.5. The van der Waals surface area contributed by atoms with Gasteiger partial charge < -0.3 is 9.84 Å². The summed E-state index contributed by atoms with van der Waals surface area (Å²) in [5.74, 6) is 0.646. The van der Waals surface area contributed by atoms with Gasteiger partial charge in [0.05, 0.1) is 6.61 Å². The Morgan fingerprint density at radius 2 is 1.80 bits per heavy atom. The minimum Gasteiger partial charge on any atom is -0.489 e. The van der Waals surface area contributed by atoms with Gasteiger partial charge in [-0.15, -0.1) is 0 Å². The van der Waals surface area contributed by atoms with Crippen LogP contribution in [0.5, 0.6) is 5.75 Å². The molecule has 0 atom stereocenters. The van der Waals surface area contributed by atoms with Gasteiger partial charge in [-0.25, -0.2) is 4.39 Å². The Balaban J connectivity index is 2.05. The van der Waals surface area contributed by atoms with Gasteiger partial charge in [-0.1, -0.05) is 38.1 Å². The van der Waals surface area contributed by atoms with Crippen molar-refractivity contribution in [3.63, 3.8) is 0 Å². The van der Waals surface area contributed by atoms with E-state index in [4.69, 9.17) is 4.74 Å². The molecule has 106 valence electrons. The van der Waals surface area contributed by atoms with E-state index in [2.05, 4.69) is 26.0 Å². The highest BCUT2D eigenvalue weighted by Crippen LogP contribution is 2.21. The maximum Gasteiger partial charge on any atom is 0.125 e. The van der Waals surface area contributed by atoms with Gasteiger partial charge in [-0.05, 0) is 35.2 Å². The van der Waals surface area contributed by atoms with Gasteiger partial charge >= 0.3 is 0 Å². The van der Waals surface area contributed by atoms with Crippen molar-refractivity contribution in [1.82, 2.24) is 0 Å². The second-order valence-corrected chi connectivity index (χ2v) is 5.10. The molecule has 0 amide bonds. The van der Waals surface area contributed by atoms with E-state index in [9.17, 15) is 9.50 Å². The molecule has 0 unspecified atom stereocenters. The summed E-state index contributed by atoms with van der Waals surface area (Å²) >= 11 is 0. The molecule has 0 aliphatic heterocycles. The van der Waals surface area contributed by atoms with E-state index in [0.29, 0.717) is 23.8 Å². The molecule has 0 aliphatic rings. The van der Waals surface area contributed by atoms with Crippen LogP contribution >= 0.6 is 0 Å². The molecular formula is C17H19FO2. The lowest BCUT2D eigenvalue weighted by atomic mass is 10.0. The van der Waals surface area contributed by atoms with E-state index in [-0.39, 0.29) is 12.4 Å². The van der Waals surface area contributed by atoms with Crippen LogP contribution in [0.4, 0.5) is 4.39 Å². The molecule has 0 heterocycles. The number of aliphatic hydroxyl groups excluding tert-OH is 1. The van der Waals surface area contributed by atoms with Gasteiger partial charge in [0.25, 0.3) is 0 Å². The standard InChI is InChI=1S/C17H19FO2/c1-12(2)14-5-3-13(4-6-14)11-20-17-8-7-16(18)9-15(17)10-19/h3-9,12,19H,10-11H2,1-2H3. The first-order valence-electron chi connectivity index (χ1n) is 6.71. The van der Waals surface area contributed by atoms with Crippen molar-refractivity contribution in [3.8, 4) is 5.75 Å². The van der Waals surface area contributed by atoms with E-state index >= 15 is 0 Å². The normalized spacial score (nSPS) is 10.8. The van der Waals surface area contributed by atoms with Crippen LogP contribution in [-0.4, -0.2) is 5.11 Å². The number of hydrogen-bond acceptors (Lipinski definition) is 2. The average molecular weight is 274 g/mol. The molecule has 0 saturated heterocycles. The molecule has 2 rings (SSSR count). The van der Waals surface area contributed by atoms with Gasteiger partial charge in [0, 0.05) is 5.56 Å². The molecule has 2 aromatic carbocycles. The van der Waals surface area contributed by atoms with Crippen molar-refractivity contribution >= 4 is 0 Å². The fraction of sp³-hybridized carbons (Fsp3) is 0.294. The van der Waals surface area contributed by atoms with E-state index in [1.54, 1.807) is 6.07 Å². The quantitative estimate of drug-likeness (QED) is 0.892. The topological polar surface area (TPSA) is 29.5 Å². The SMILES string of the molecule is CC(C)c1ccc(COc2ccc(F)cc2CO)cc1. The van der Waals surface area contributed by atoms with Crippen LogP contribution in [0.15, 0.2) is 42.5 Å². The zero-order valence-electron chi connectivity index (χ0n) is 11.8. The molecule has 20 heavy (non-hydrogen) atoms. The van der Waals surface area contributed by atoms with Gasteiger partial charge in [-0.3, -0.25) is 0 Å². The van der Waals surface area contributed by atoms with Crippen LogP contribution in [0.25, 0.3) is 0 Å². The second kappa shape index (κ2) is 6.53. The van der Waals surface area contributed by atoms with E-state index < -0.39 is 0 Å². The predicted octanol–water partition coefficient (Wildman–Crippen LogP) is 4.02. The molecule has 0 aromatic heterocycles. The molecule has 0 fully saturated rings. The lowest BCUT2D eigenvalue weighted by Gasteiger charge is -2.11. The lowest BCUT2D eigenvalue weighted by molar-refractivity contribution is 0.258. The van der Waals surface area contributed by atoms with E-state index in [0.717, 1.165) is 5.56 Å². The number of hydrogen-bond donors (Lipinski definition) is 1. The Morgan fingerprint density at radius 3 is 2.40 bits per heavy atom. The minimum absolute atomic E-state index is 0.237. The maximum absolute atomic E-state index is 13.1. The van der Waals surface area contributed by atoms with Crippen LogP contribution in [0, 0.1) is 5.82 Å². The minimum atomic E-state index is -0.373. The fourth-order valence-electron chi connectivity index (χ4n) is 1.97. The first-order valence-corrected chi connectivity index (χ1v) is 6.71. The van der Waals surface area contributed by atoms with Gasteiger partial charge in [0.1, 0.15) is 18.2 Å². The van der Waals surface area contributed by atoms with Crippen LogP contribution in [0.3, 0.4) is 0 Å². The van der Waals surface area contributed by atoms with Crippen molar-refractivity contribution in [3.05, 3.63) is 65.0 Å². The summed E-state index contributed by atoms with van der Waals surface area (Å²) in [5, 5.41) is 9.19. The van der Waals surface area contributed by atoms with Gasteiger partial charge in [-0.2, -0.15) is 0 Å². The largest absolute Gasteiger partial charge is 0.489 e. The summed E-state index contributed by atoms with van der Waals surface area (Å²) in [6.07, 6.45) is 0. The monoisotopic (exact) mass is 274 g/mol. The average Bonchev–Trinajstić information content (AvgIpc) is 2.46. The smallest absolute Gasteiger partial charge is 0.125 e. The highest BCUT2D eigenvalue weighted by molar-refractivity contribution is 5.34. The second-order valence-electron chi connectivity index (χ2n) is 5.10. The zero-order valence-corrected chi connectivity index (χ0v) is 11.8. The Bertz CT molecular complexity index is 562. The Hall–Kier alpha value is -1.87. The molecule has 0 radical (unpaired) electrons. The highest BCUT2D eigenvalue weighted by atomic mass is 19.1. The Morgan fingerprint density at radius 1 is 1.10 bits per heavy atom. The van der Waals surface area contributed by atoms with Crippen LogP contribution < -0.4 is 4.74 Å². The zero-order chi connectivity index (χ0) is 14.5. The molecule has 2 aromatic rings. The molecule has 1 N–H and O–H groups in total. The van der Waals surface area contributed by atoms with Crippen LogP contribution in [0.1, 0.15) is 36.5 Å². The lowest BCUT2D eigenvalue weighted by Crippen LogP contribution is -1.99. The molecule has 0 spiro atoms. The number of ether oxygens (including phenoxy) is 1. The summed E-state index contributed by atoms with van der Waals surface area (Å²) in [7, 11) is 0. The third kappa shape index (κ3) is 3.58. The molecule has 0 aliphatic carbocycles. The third-order valence-corrected chi connectivity index (χ3v) is 3.23. The van der Waals surface area contributed by atoms with Crippen molar-refractivity contribution < 1.29 is 14.2 Å². The fourth-order valence-corrected chi connectivity index (χ4v) is 1.97. The van der Waals surface area contributed by atoms with E-state index in [1.807, 2.05) is 12.1 Å². The van der Waals surface area contributed by atoms with Crippen molar-refractivity contribution in [2.24, 2.45) is 0 Å². The Labute approximate surface area is 118 Å². The highest BCUT2D eigenvalue weighted by Gasteiger charge is 2.05. The number of rotatable bonds is 5. The molecular weight excluding hydrogens is 255 g/mol. The summed E-state index contributed by atoms with van der Waals surface area (Å²) in [5.41, 5.74) is 2.79. The molecule has 0 bridgehead atoms. The van der Waals surface area contributed by atoms with Crippen molar-refractivity contribution in [2.45, 2.75) is 33.0 Å². The number of halogens is 1. The number of aliphatic hydroxyl groups is 1.